The molecule has 1 aromatic rings. The number of nitrogens with zero attached hydrogens (tertiary/aromatic N) is 1. The van der Waals surface area contributed by atoms with E-state index in [0.717, 1.165) is 24.3 Å². The standard InChI is InChI=1S/C15H14F4N2/c1-4-9(3)11(8-10(16)5-2)14-12(15(17,18)19)6-7-13(20)21-14/h4-8H,1-2H2,3H3,(H2,20,21)/b10-8+,11-9-. The van der Waals surface area contributed by atoms with E-state index in [4.69, 9.17) is 5.73 Å². The summed E-state index contributed by atoms with van der Waals surface area (Å²) in [7, 11) is 0. The first-order chi connectivity index (χ1) is 9.70. The van der Waals surface area contributed by atoms with Gasteiger partial charge in [-0.25, -0.2) is 9.37 Å². The lowest BCUT2D eigenvalue weighted by Crippen LogP contribution is -2.11. The molecule has 2 nitrogen and oxygen atoms in total. The summed E-state index contributed by atoms with van der Waals surface area (Å²) in [5.74, 6) is -0.886. The Kier molecular flexibility index (Phi) is 5.07. The van der Waals surface area contributed by atoms with Gasteiger partial charge in [-0.15, -0.1) is 0 Å². The van der Waals surface area contributed by atoms with Crippen LogP contribution in [0.1, 0.15) is 18.2 Å². The lowest BCUT2D eigenvalue weighted by molar-refractivity contribution is -0.138. The number of hydrogen-bond donors (Lipinski definition) is 1. The Morgan fingerprint density at radius 2 is 1.86 bits per heavy atom. The first-order valence-corrected chi connectivity index (χ1v) is 5.87. The quantitative estimate of drug-likeness (QED) is 0.647. The summed E-state index contributed by atoms with van der Waals surface area (Å²) < 4.78 is 52.6. The third-order valence-corrected chi connectivity index (χ3v) is 2.69. The molecule has 0 fully saturated rings. The van der Waals surface area contributed by atoms with Gasteiger partial charge in [0.25, 0.3) is 0 Å². The van der Waals surface area contributed by atoms with Gasteiger partial charge in [-0.3, -0.25) is 0 Å². The molecule has 0 unspecified atom stereocenters. The normalized spacial score (nSPS) is 13.7. The number of halogens is 4. The fourth-order valence-electron chi connectivity index (χ4n) is 1.58. The summed E-state index contributed by atoms with van der Waals surface area (Å²) in [5.41, 5.74) is 4.28. The SMILES string of the molecule is C=C/C(C)=C(/C=C(/F)C=C)c1nc(N)ccc1C(F)(F)F. The molecule has 0 aliphatic heterocycles. The molecule has 0 bridgehead atoms. The average Bonchev–Trinajstić information content (AvgIpc) is 2.42. The molecule has 21 heavy (non-hydrogen) atoms. The summed E-state index contributed by atoms with van der Waals surface area (Å²) in [6, 6.07) is 1.86. The smallest absolute Gasteiger partial charge is 0.384 e. The first kappa shape index (κ1) is 16.7. The van der Waals surface area contributed by atoms with E-state index in [1.165, 1.54) is 13.0 Å². The van der Waals surface area contributed by atoms with Gasteiger partial charge in [-0.2, -0.15) is 13.2 Å². The minimum Gasteiger partial charge on any atom is -0.384 e. The van der Waals surface area contributed by atoms with Gasteiger partial charge in [0, 0.05) is 5.57 Å². The second-order valence-electron chi connectivity index (χ2n) is 4.16. The number of nitrogens with two attached hydrogens (primary N) is 1. The van der Waals surface area contributed by atoms with Gasteiger partial charge in [0.15, 0.2) is 0 Å². The predicted octanol–water partition coefficient (Wildman–Crippen LogP) is 4.68. The lowest BCUT2D eigenvalue weighted by Gasteiger charge is -2.14. The molecule has 0 aliphatic rings. The highest BCUT2D eigenvalue weighted by molar-refractivity contribution is 5.79. The molecule has 1 aromatic heterocycles. The number of aromatic nitrogens is 1. The highest BCUT2D eigenvalue weighted by atomic mass is 19.4. The van der Waals surface area contributed by atoms with Gasteiger partial charge >= 0.3 is 6.18 Å². The van der Waals surface area contributed by atoms with Crippen LogP contribution in [0.25, 0.3) is 5.57 Å². The van der Waals surface area contributed by atoms with Crippen molar-refractivity contribution in [3.8, 4) is 0 Å². The van der Waals surface area contributed by atoms with Crippen molar-refractivity contribution < 1.29 is 17.6 Å². The Morgan fingerprint density at radius 1 is 1.24 bits per heavy atom. The molecular weight excluding hydrogens is 284 g/mol. The summed E-state index contributed by atoms with van der Waals surface area (Å²) >= 11 is 0. The number of allylic oxidation sites excluding steroid dienone is 6. The van der Waals surface area contributed by atoms with Gasteiger partial charge in [-0.05, 0) is 36.8 Å². The maximum atomic E-state index is 13.4. The fourth-order valence-corrected chi connectivity index (χ4v) is 1.58. The molecule has 0 saturated carbocycles. The zero-order valence-corrected chi connectivity index (χ0v) is 11.3. The second-order valence-corrected chi connectivity index (χ2v) is 4.16. The predicted molar refractivity (Wildman–Crippen MR) is 75.8 cm³/mol. The van der Waals surface area contributed by atoms with Crippen LogP contribution in [0.4, 0.5) is 23.4 Å². The largest absolute Gasteiger partial charge is 0.418 e. The van der Waals surface area contributed by atoms with Crippen LogP contribution < -0.4 is 5.73 Å². The van der Waals surface area contributed by atoms with Crippen molar-refractivity contribution >= 4 is 11.4 Å². The molecule has 0 amide bonds. The molecule has 1 rings (SSSR count). The number of nitrogen functional groups attached to an aromatic ring is 1. The zero-order valence-electron chi connectivity index (χ0n) is 11.3. The van der Waals surface area contributed by atoms with Crippen molar-refractivity contribution in [2.24, 2.45) is 0 Å². The van der Waals surface area contributed by atoms with E-state index in [1.807, 2.05) is 0 Å². The van der Waals surface area contributed by atoms with Crippen LogP contribution in [0.3, 0.4) is 0 Å². The topological polar surface area (TPSA) is 38.9 Å². The molecular formula is C15H14F4N2. The van der Waals surface area contributed by atoms with Gasteiger partial charge in [0.05, 0.1) is 11.3 Å². The molecule has 1 heterocycles. The minimum atomic E-state index is -4.64. The maximum Gasteiger partial charge on any atom is 0.418 e. The number of rotatable bonds is 4. The van der Waals surface area contributed by atoms with Gasteiger partial charge in [0.2, 0.25) is 0 Å². The van der Waals surface area contributed by atoms with Crippen LogP contribution in [-0.4, -0.2) is 4.98 Å². The number of pyridine rings is 1. The Bertz CT molecular complexity index is 625. The second kappa shape index (κ2) is 6.39. The van der Waals surface area contributed by atoms with E-state index in [1.54, 1.807) is 0 Å². The minimum absolute atomic E-state index is 0.0537. The molecule has 0 spiro atoms. The van der Waals surface area contributed by atoms with Gasteiger partial charge < -0.3 is 5.73 Å². The molecule has 0 radical (unpaired) electrons. The van der Waals surface area contributed by atoms with Crippen molar-refractivity contribution in [1.29, 1.82) is 0 Å². The number of alkyl halides is 3. The van der Waals surface area contributed by atoms with E-state index in [9.17, 15) is 17.6 Å². The van der Waals surface area contributed by atoms with Crippen molar-refractivity contribution in [2.75, 3.05) is 5.73 Å². The summed E-state index contributed by atoms with van der Waals surface area (Å²) in [6.45, 7) is 8.20. The Hall–Kier alpha value is -2.37. The molecule has 2 N–H and O–H groups in total. The highest BCUT2D eigenvalue weighted by Crippen LogP contribution is 2.36. The molecule has 0 aliphatic carbocycles. The monoisotopic (exact) mass is 298 g/mol. The van der Waals surface area contributed by atoms with Crippen LogP contribution in [0.2, 0.25) is 0 Å². The average molecular weight is 298 g/mol. The summed E-state index contributed by atoms with van der Waals surface area (Å²) in [4.78, 5) is 3.70. The van der Waals surface area contributed by atoms with E-state index < -0.39 is 23.3 Å². The molecule has 0 atom stereocenters. The third kappa shape index (κ3) is 4.05. The third-order valence-electron chi connectivity index (χ3n) is 2.69. The van der Waals surface area contributed by atoms with Crippen molar-refractivity contribution in [2.45, 2.75) is 13.1 Å². The van der Waals surface area contributed by atoms with E-state index in [2.05, 4.69) is 18.1 Å². The zero-order chi connectivity index (χ0) is 16.2. The Morgan fingerprint density at radius 3 is 2.33 bits per heavy atom. The van der Waals surface area contributed by atoms with Crippen LogP contribution in [0.15, 0.2) is 54.9 Å². The van der Waals surface area contributed by atoms with Crippen LogP contribution in [-0.2, 0) is 6.18 Å². The highest BCUT2D eigenvalue weighted by Gasteiger charge is 2.35. The van der Waals surface area contributed by atoms with Crippen LogP contribution in [0.5, 0.6) is 0 Å². The van der Waals surface area contributed by atoms with Crippen molar-refractivity contribution in [3.05, 3.63) is 66.2 Å². The molecule has 0 saturated heterocycles. The molecule has 112 valence electrons. The van der Waals surface area contributed by atoms with E-state index in [-0.39, 0.29) is 11.4 Å². The van der Waals surface area contributed by atoms with Crippen LogP contribution >= 0.6 is 0 Å². The molecule has 6 heteroatoms. The fraction of sp³-hybridized carbons (Fsp3) is 0.133. The Balaban J connectivity index is 3.71. The summed E-state index contributed by atoms with van der Waals surface area (Å²) in [5, 5.41) is 0. The Labute approximate surface area is 120 Å². The number of anilines is 1. The van der Waals surface area contributed by atoms with Gasteiger partial charge in [-0.1, -0.05) is 19.2 Å². The van der Waals surface area contributed by atoms with Crippen molar-refractivity contribution in [3.63, 3.8) is 0 Å². The first-order valence-electron chi connectivity index (χ1n) is 5.87. The molecule has 0 aromatic carbocycles. The summed E-state index contributed by atoms with van der Waals surface area (Å²) in [6.07, 6.45) is -1.52. The van der Waals surface area contributed by atoms with Gasteiger partial charge in [0.1, 0.15) is 11.6 Å². The van der Waals surface area contributed by atoms with E-state index >= 15 is 0 Å². The van der Waals surface area contributed by atoms with Crippen LogP contribution in [0, 0.1) is 0 Å². The number of hydrogen-bond acceptors (Lipinski definition) is 2. The lowest BCUT2D eigenvalue weighted by atomic mass is 10.00. The van der Waals surface area contributed by atoms with E-state index in [0.29, 0.717) is 5.57 Å². The van der Waals surface area contributed by atoms with Crippen molar-refractivity contribution in [1.82, 2.24) is 4.98 Å². The maximum absolute atomic E-state index is 13.4.